The lowest BCUT2D eigenvalue weighted by Crippen LogP contribution is -2.34. The van der Waals surface area contributed by atoms with Gasteiger partial charge in [0.1, 0.15) is 5.69 Å². The lowest BCUT2D eigenvalue weighted by molar-refractivity contribution is 0.218. The van der Waals surface area contributed by atoms with Crippen LogP contribution in [0.3, 0.4) is 0 Å². The standard InChI is InChI=1S/C25H32ClN5O/c1-16(2)22-10-19(11-24-29-30-25(32-24)23-14-28-15-31(23)4)17(3)9-20(22)13-27-12-18-5-7-21(26)8-6-18/h5-9,14-16,19-20,22,27H,10-13H2,1-4H3/t19-,20-,22-/m0/s1. The zero-order chi connectivity index (χ0) is 22.7. The summed E-state index contributed by atoms with van der Waals surface area (Å²) in [6.45, 7) is 8.73. The molecule has 0 unspecified atom stereocenters. The van der Waals surface area contributed by atoms with Gasteiger partial charge in [0, 0.05) is 31.6 Å². The highest BCUT2D eigenvalue weighted by Crippen LogP contribution is 2.38. The molecule has 32 heavy (non-hydrogen) atoms. The Hall–Kier alpha value is -2.44. The highest BCUT2D eigenvalue weighted by atomic mass is 35.5. The van der Waals surface area contributed by atoms with E-state index in [0.717, 1.165) is 36.6 Å². The summed E-state index contributed by atoms with van der Waals surface area (Å²) in [5.41, 5.74) is 3.51. The predicted molar refractivity (Wildman–Crippen MR) is 127 cm³/mol. The Morgan fingerprint density at radius 1 is 1.22 bits per heavy atom. The minimum Gasteiger partial charge on any atom is -0.419 e. The molecule has 0 radical (unpaired) electrons. The first-order valence-corrected chi connectivity index (χ1v) is 11.7. The van der Waals surface area contributed by atoms with E-state index in [2.05, 4.69) is 59.5 Å². The first-order valence-electron chi connectivity index (χ1n) is 11.3. The fourth-order valence-electron chi connectivity index (χ4n) is 4.71. The number of aromatic nitrogens is 4. The molecule has 3 aromatic rings. The van der Waals surface area contributed by atoms with Crippen molar-refractivity contribution in [1.82, 2.24) is 25.1 Å². The first-order chi connectivity index (χ1) is 15.4. The maximum Gasteiger partial charge on any atom is 0.265 e. The summed E-state index contributed by atoms with van der Waals surface area (Å²) in [5.74, 6) is 3.39. The van der Waals surface area contributed by atoms with Gasteiger partial charge in [0.05, 0.1) is 12.5 Å². The van der Waals surface area contributed by atoms with Gasteiger partial charge in [-0.05, 0) is 54.7 Å². The number of imidazole rings is 1. The molecular weight excluding hydrogens is 422 g/mol. The van der Waals surface area contributed by atoms with E-state index in [-0.39, 0.29) is 0 Å². The van der Waals surface area contributed by atoms with Crippen LogP contribution in [-0.4, -0.2) is 26.3 Å². The van der Waals surface area contributed by atoms with Crippen LogP contribution in [0.1, 0.15) is 38.6 Å². The molecular formula is C25H32ClN5O. The minimum absolute atomic E-state index is 0.426. The van der Waals surface area contributed by atoms with Gasteiger partial charge in [-0.1, -0.05) is 49.2 Å². The lowest BCUT2D eigenvalue weighted by Gasteiger charge is -2.37. The molecule has 0 saturated carbocycles. The van der Waals surface area contributed by atoms with Crippen molar-refractivity contribution in [3.8, 4) is 11.6 Å². The Labute approximate surface area is 195 Å². The summed E-state index contributed by atoms with van der Waals surface area (Å²) in [4.78, 5) is 4.13. The van der Waals surface area contributed by atoms with Crippen molar-refractivity contribution in [2.45, 2.75) is 40.2 Å². The molecule has 7 heteroatoms. The van der Waals surface area contributed by atoms with Gasteiger partial charge < -0.3 is 14.3 Å². The van der Waals surface area contributed by atoms with Crippen LogP contribution < -0.4 is 5.32 Å². The van der Waals surface area contributed by atoms with Crippen molar-refractivity contribution < 1.29 is 4.42 Å². The Bertz CT molecular complexity index is 1050. The number of hydrogen-bond donors (Lipinski definition) is 1. The smallest absolute Gasteiger partial charge is 0.265 e. The van der Waals surface area contributed by atoms with Gasteiger partial charge in [-0.3, -0.25) is 0 Å². The SMILES string of the molecule is CC1=C[C@@H](CNCc2ccc(Cl)cc2)[C@H](C(C)C)C[C@H]1Cc1nnc(-c2cncn2C)o1. The van der Waals surface area contributed by atoms with Gasteiger partial charge in [-0.15, -0.1) is 10.2 Å². The summed E-state index contributed by atoms with van der Waals surface area (Å²) in [6.07, 6.45) is 7.87. The van der Waals surface area contributed by atoms with Gasteiger partial charge in [-0.25, -0.2) is 4.98 Å². The topological polar surface area (TPSA) is 68.8 Å². The minimum atomic E-state index is 0.426. The molecule has 170 valence electrons. The molecule has 1 aliphatic carbocycles. The van der Waals surface area contributed by atoms with Crippen molar-refractivity contribution in [1.29, 1.82) is 0 Å². The first kappa shape index (κ1) is 22.7. The van der Waals surface area contributed by atoms with E-state index in [4.69, 9.17) is 16.0 Å². The molecule has 6 nitrogen and oxygen atoms in total. The Morgan fingerprint density at radius 2 is 2.00 bits per heavy atom. The number of nitrogens with zero attached hydrogens (tertiary/aromatic N) is 4. The number of aryl methyl sites for hydroxylation is 1. The van der Waals surface area contributed by atoms with E-state index < -0.39 is 0 Å². The van der Waals surface area contributed by atoms with Gasteiger partial charge in [-0.2, -0.15) is 0 Å². The van der Waals surface area contributed by atoms with E-state index in [0.29, 0.717) is 35.5 Å². The summed E-state index contributed by atoms with van der Waals surface area (Å²) in [6, 6.07) is 8.05. The van der Waals surface area contributed by atoms with Gasteiger partial charge >= 0.3 is 0 Å². The second kappa shape index (κ2) is 10.0. The van der Waals surface area contributed by atoms with Gasteiger partial charge in [0.15, 0.2) is 0 Å². The molecule has 1 aliphatic rings. The second-order valence-corrected chi connectivity index (χ2v) is 9.70. The van der Waals surface area contributed by atoms with Crippen molar-refractivity contribution in [3.05, 3.63) is 64.9 Å². The molecule has 0 bridgehead atoms. The molecule has 0 aliphatic heterocycles. The fraction of sp³-hybridized carbons (Fsp3) is 0.480. The van der Waals surface area contributed by atoms with E-state index in [1.165, 1.54) is 11.1 Å². The van der Waals surface area contributed by atoms with Crippen LogP contribution in [0.15, 0.2) is 52.9 Å². The quantitative estimate of drug-likeness (QED) is 0.468. The molecule has 0 spiro atoms. The number of rotatable bonds is 8. The fourth-order valence-corrected chi connectivity index (χ4v) is 4.83. The summed E-state index contributed by atoms with van der Waals surface area (Å²) in [5, 5.41) is 13.0. The molecule has 2 aromatic heterocycles. The highest BCUT2D eigenvalue weighted by molar-refractivity contribution is 6.30. The van der Waals surface area contributed by atoms with Crippen LogP contribution in [0.2, 0.25) is 5.02 Å². The molecule has 1 aromatic carbocycles. The van der Waals surface area contributed by atoms with E-state index >= 15 is 0 Å². The molecule has 0 amide bonds. The van der Waals surface area contributed by atoms with Crippen LogP contribution in [-0.2, 0) is 20.0 Å². The second-order valence-electron chi connectivity index (χ2n) is 9.27. The van der Waals surface area contributed by atoms with E-state index in [9.17, 15) is 0 Å². The third-order valence-corrected chi connectivity index (χ3v) is 6.88. The van der Waals surface area contributed by atoms with Crippen LogP contribution in [0.25, 0.3) is 11.6 Å². The van der Waals surface area contributed by atoms with Gasteiger partial charge in [0.2, 0.25) is 5.89 Å². The zero-order valence-electron chi connectivity index (χ0n) is 19.3. The summed E-state index contributed by atoms with van der Waals surface area (Å²) < 4.78 is 7.86. The Morgan fingerprint density at radius 3 is 2.69 bits per heavy atom. The normalized spacial score (nSPS) is 21.2. The molecule has 0 fully saturated rings. The average molecular weight is 454 g/mol. The number of hydrogen-bond acceptors (Lipinski definition) is 5. The summed E-state index contributed by atoms with van der Waals surface area (Å²) >= 11 is 6.00. The van der Waals surface area contributed by atoms with Crippen molar-refractivity contribution >= 4 is 11.6 Å². The molecule has 2 heterocycles. The molecule has 0 saturated heterocycles. The van der Waals surface area contributed by atoms with Crippen molar-refractivity contribution in [3.63, 3.8) is 0 Å². The van der Waals surface area contributed by atoms with E-state index in [1.54, 1.807) is 12.5 Å². The molecule has 1 N–H and O–H groups in total. The average Bonchev–Trinajstić information content (AvgIpc) is 3.39. The Kier molecular flexibility index (Phi) is 7.11. The lowest BCUT2D eigenvalue weighted by atomic mass is 9.70. The maximum atomic E-state index is 6.00. The highest BCUT2D eigenvalue weighted by Gasteiger charge is 2.32. The largest absolute Gasteiger partial charge is 0.419 e. The molecule has 4 rings (SSSR count). The zero-order valence-corrected chi connectivity index (χ0v) is 20.0. The number of benzene rings is 1. The van der Waals surface area contributed by atoms with Crippen LogP contribution in [0, 0.1) is 23.7 Å². The number of halogens is 1. The number of nitrogens with one attached hydrogen (secondary N) is 1. The van der Waals surface area contributed by atoms with Crippen LogP contribution >= 0.6 is 11.6 Å². The number of allylic oxidation sites excluding steroid dienone is 1. The third-order valence-electron chi connectivity index (χ3n) is 6.63. The van der Waals surface area contributed by atoms with Gasteiger partial charge in [0.25, 0.3) is 5.89 Å². The van der Waals surface area contributed by atoms with E-state index in [1.807, 2.05) is 23.7 Å². The maximum absolute atomic E-state index is 6.00. The predicted octanol–water partition coefficient (Wildman–Crippen LogP) is 5.31. The van der Waals surface area contributed by atoms with Crippen LogP contribution in [0.5, 0.6) is 0 Å². The Balaban J connectivity index is 1.40. The van der Waals surface area contributed by atoms with Crippen molar-refractivity contribution in [2.75, 3.05) is 6.54 Å². The third kappa shape index (κ3) is 5.30. The summed E-state index contributed by atoms with van der Waals surface area (Å²) in [7, 11) is 1.93. The van der Waals surface area contributed by atoms with Crippen LogP contribution in [0.4, 0.5) is 0 Å². The molecule has 3 atom stereocenters. The van der Waals surface area contributed by atoms with Crippen molar-refractivity contribution in [2.24, 2.45) is 30.7 Å². The monoisotopic (exact) mass is 453 g/mol.